The number of nitrogens with two attached hydrogens (primary N) is 1. The van der Waals surface area contributed by atoms with Crippen molar-refractivity contribution in [3.8, 4) is 17.6 Å². The predicted molar refractivity (Wildman–Crippen MR) is 108 cm³/mol. The summed E-state index contributed by atoms with van der Waals surface area (Å²) in [5.74, 6) is 0.432. The molecule has 0 fully saturated rings. The van der Waals surface area contributed by atoms with Crippen molar-refractivity contribution in [2.24, 2.45) is 5.73 Å². The molecule has 2 N–H and O–H groups in total. The van der Waals surface area contributed by atoms with E-state index in [-0.39, 0.29) is 5.56 Å². The van der Waals surface area contributed by atoms with Gasteiger partial charge in [-0.15, -0.1) is 0 Å². The number of benzene rings is 2. The standard InChI is InChI=1S/C22H27N3O2/c1-3-5-12-25(13-6-4-2)20-15-17(16-23)14-19(22(24)26)21(20)27-18-10-8-7-9-11-18/h7-11,14-15H,3-6,12-13H2,1-2H3,(H2,24,26). The van der Waals surface area contributed by atoms with Crippen molar-refractivity contribution < 1.29 is 9.53 Å². The fraction of sp³-hybridized carbons (Fsp3) is 0.364. The summed E-state index contributed by atoms with van der Waals surface area (Å²) in [6, 6.07) is 14.7. The first-order valence-electron chi connectivity index (χ1n) is 9.46. The quantitative estimate of drug-likeness (QED) is 0.652. The van der Waals surface area contributed by atoms with Crippen molar-refractivity contribution in [2.75, 3.05) is 18.0 Å². The highest BCUT2D eigenvalue weighted by Crippen LogP contribution is 2.37. The van der Waals surface area contributed by atoms with Crippen molar-refractivity contribution in [1.29, 1.82) is 5.26 Å². The zero-order valence-corrected chi connectivity index (χ0v) is 16.1. The average molecular weight is 365 g/mol. The lowest BCUT2D eigenvalue weighted by Crippen LogP contribution is -2.27. The van der Waals surface area contributed by atoms with Crippen molar-refractivity contribution in [3.63, 3.8) is 0 Å². The maximum absolute atomic E-state index is 12.1. The first-order valence-corrected chi connectivity index (χ1v) is 9.46. The number of nitrogens with zero attached hydrogens (tertiary/aromatic N) is 2. The summed E-state index contributed by atoms with van der Waals surface area (Å²) >= 11 is 0. The summed E-state index contributed by atoms with van der Waals surface area (Å²) < 4.78 is 6.09. The lowest BCUT2D eigenvalue weighted by Gasteiger charge is -2.28. The van der Waals surface area contributed by atoms with E-state index in [1.54, 1.807) is 6.07 Å². The monoisotopic (exact) mass is 365 g/mol. The Bertz CT molecular complexity index is 789. The summed E-state index contributed by atoms with van der Waals surface area (Å²) in [4.78, 5) is 14.3. The first-order chi connectivity index (χ1) is 13.1. The minimum Gasteiger partial charge on any atom is -0.454 e. The van der Waals surface area contributed by atoms with E-state index < -0.39 is 5.91 Å². The maximum Gasteiger partial charge on any atom is 0.252 e. The van der Waals surface area contributed by atoms with Gasteiger partial charge in [-0.1, -0.05) is 44.9 Å². The molecular formula is C22H27N3O2. The van der Waals surface area contributed by atoms with Crippen LogP contribution in [0.3, 0.4) is 0 Å². The average Bonchev–Trinajstić information content (AvgIpc) is 2.69. The largest absolute Gasteiger partial charge is 0.454 e. The second kappa shape index (κ2) is 10.2. The second-order valence-electron chi connectivity index (χ2n) is 6.46. The number of carbonyl (C=O) groups excluding carboxylic acids is 1. The summed E-state index contributed by atoms with van der Waals surface area (Å²) in [6.07, 6.45) is 4.13. The van der Waals surface area contributed by atoms with Crippen LogP contribution in [-0.4, -0.2) is 19.0 Å². The van der Waals surface area contributed by atoms with E-state index in [4.69, 9.17) is 10.5 Å². The van der Waals surface area contributed by atoms with Crippen LogP contribution in [0, 0.1) is 11.3 Å². The van der Waals surface area contributed by atoms with Gasteiger partial charge in [0.2, 0.25) is 0 Å². The Kier molecular flexibility index (Phi) is 7.69. The molecule has 0 saturated carbocycles. The van der Waals surface area contributed by atoms with Gasteiger partial charge in [0.1, 0.15) is 5.75 Å². The fourth-order valence-electron chi connectivity index (χ4n) is 2.86. The first kappa shape index (κ1) is 20.3. The molecule has 0 heterocycles. The Morgan fingerprint density at radius 3 is 2.26 bits per heavy atom. The number of ether oxygens (including phenoxy) is 1. The van der Waals surface area contributed by atoms with Gasteiger partial charge in [0.25, 0.3) is 5.91 Å². The Labute approximate surface area is 161 Å². The molecule has 1 amide bonds. The van der Waals surface area contributed by atoms with Crippen LogP contribution >= 0.6 is 0 Å². The molecule has 142 valence electrons. The van der Waals surface area contributed by atoms with Crippen LogP contribution in [0.1, 0.15) is 55.5 Å². The number of carbonyl (C=O) groups is 1. The molecule has 5 nitrogen and oxygen atoms in total. The van der Waals surface area contributed by atoms with E-state index in [1.807, 2.05) is 30.3 Å². The van der Waals surface area contributed by atoms with E-state index in [1.165, 1.54) is 6.07 Å². The molecule has 0 spiro atoms. The predicted octanol–water partition coefficient (Wildman–Crippen LogP) is 4.86. The lowest BCUT2D eigenvalue weighted by atomic mass is 10.1. The topological polar surface area (TPSA) is 79.4 Å². The summed E-state index contributed by atoms with van der Waals surface area (Å²) in [6.45, 7) is 5.93. The van der Waals surface area contributed by atoms with Gasteiger partial charge in [0.05, 0.1) is 22.9 Å². The van der Waals surface area contributed by atoms with Crippen molar-refractivity contribution in [1.82, 2.24) is 0 Å². The van der Waals surface area contributed by atoms with Crippen LogP contribution in [0.25, 0.3) is 0 Å². The number of hydrogen-bond donors (Lipinski definition) is 1. The minimum atomic E-state index is -0.606. The number of primary amides is 1. The van der Waals surface area contributed by atoms with E-state index in [9.17, 15) is 10.1 Å². The third-order valence-corrected chi connectivity index (χ3v) is 4.33. The zero-order chi connectivity index (χ0) is 19.6. The van der Waals surface area contributed by atoms with Crippen LogP contribution in [-0.2, 0) is 0 Å². The number of para-hydroxylation sites is 1. The normalized spacial score (nSPS) is 10.3. The van der Waals surface area contributed by atoms with Gasteiger partial charge in [-0.25, -0.2) is 0 Å². The molecule has 0 aliphatic rings. The molecule has 0 atom stereocenters. The smallest absolute Gasteiger partial charge is 0.252 e. The molecule has 2 aromatic carbocycles. The molecule has 0 saturated heterocycles. The van der Waals surface area contributed by atoms with Crippen molar-refractivity contribution >= 4 is 11.6 Å². The highest BCUT2D eigenvalue weighted by molar-refractivity contribution is 5.98. The van der Waals surface area contributed by atoms with Crippen molar-refractivity contribution in [2.45, 2.75) is 39.5 Å². The van der Waals surface area contributed by atoms with E-state index in [0.717, 1.165) is 44.5 Å². The highest BCUT2D eigenvalue weighted by Gasteiger charge is 2.21. The molecule has 5 heteroatoms. The molecule has 0 radical (unpaired) electrons. The van der Waals surface area contributed by atoms with Gasteiger partial charge in [-0.05, 0) is 37.1 Å². The van der Waals surface area contributed by atoms with Gasteiger partial charge in [0.15, 0.2) is 5.75 Å². The Morgan fingerprint density at radius 1 is 1.11 bits per heavy atom. The van der Waals surface area contributed by atoms with Gasteiger partial charge < -0.3 is 15.4 Å². The van der Waals surface area contributed by atoms with E-state index in [2.05, 4.69) is 24.8 Å². The SMILES string of the molecule is CCCCN(CCCC)c1cc(C#N)cc(C(N)=O)c1Oc1ccccc1. The zero-order valence-electron chi connectivity index (χ0n) is 16.1. The number of amides is 1. The van der Waals surface area contributed by atoms with Crippen LogP contribution in [0.4, 0.5) is 5.69 Å². The van der Waals surface area contributed by atoms with E-state index in [0.29, 0.717) is 17.1 Å². The fourth-order valence-corrected chi connectivity index (χ4v) is 2.86. The van der Waals surface area contributed by atoms with Crippen molar-refractivity contribution in [3.05, 3.63) is 53.6 Å². The number of nitriles is 1. The maximum atomic E-state index is 12.1. The molecule has 0 aliphatic heterocycles. The third-order valence-electron chi connectivity index (χ3n) is 4.33. The number of anilines is 1. The van der Waals surface area contributed by atoms with Crippen LogP contribution < -0.4 is 15.4 Å². The Balaban J connectivity index is 2.58. The van der Waals surface area contributed by atoms with Gasteiger partial charge in [-0.3, -0.25) is 4.79 Å². The molecule has 0 bridgehead atoms. The number of hydrogen-bond acceptors (Lipinski definition) is 4. The van der Waals surface area contributed by atoms with Crippen LogP contribution in [0.2, 0.25) is 0 Å². The van der Waals surface area contributed by atoms with Gasteiger partial charge in [0, 0.05) is 13.1 Å². The van der Waals surface area contributed by atoms with Gasteiger partial charge in [-0.2, -0.15) is 5.26 Å². The third kappa shape index (κ3) is 5.49. The number of unbranched alkanes of at least 4 members (excludes halogenated alkanes) is 2. The summed E-state index contributed by atoms with van der Waals surface area (Å²) in [5.41, 5.74) is 6.99. The molecule has 0 aliphatic carbocycles. The molecular weight excluding hydrogens is 338 g/mol. The minimum absolute atomic E-state index is 0.228. The highest BCUT2D eigenvalue weighted by atomic mass is 16.5. The Hall–Kier alpha value is -3.00. The molecule has 27 heavy (non-hydrogen) atoms. The summed E-state index contributed by atoms with van der Waals surface area (Å²) in [5, 5.41) is 9.42. The molecule has 0 unspecified atom stereocenters. The molecule has 2 aromatic rings. The molecule has 0 aromatic heterocycles. The second-order valence-corrected chi connectivity index (χ2v) is 6.46. The van der Waals surface area contributed by atoms with Gasteiger partial charge >= 0.3 is 0 Å². The lowest BCUT2D eigenvalue weighted by molar-refractivity contribution is 0.0998. The Morgan fingerprint density at radius 2 is 1.74 bits per heavy atom. The van der Waals surface area contributed by atoms with Crippen LogP contribution in [0.15, 0.2) is 42.5 Å². The summed E-state index contributed by atoms with van der Waals surface area (Å²) in [7, 11) is 0. The van der Waals surface area contributed by atoms with E-state index >= 15 is 0 Å². The van der Waals surface area contributed by atoms with Crippen LogP contribution in [0.5, 0.6) is 11.5 Å². The number of rotatable bonds is 10. The molecule has 2 rings (SSSR count).